The molecule has 7 rings (SSSR count). The van der Waals surface area contributed by atoms with Crippen molar-refractivity contribution in [2.45, 2.75) is 39.5 Å². The Morgan fingerprint density at radius 1 is 0.800 bits per heavy atom. The molecule has 3 aromatic carbocycles. The third-order valence-electron chi connectivity index (χ3n) is 7.54. The molecule has 6 aromatic rings. The molecule has 1 aliphatic carbocycles. The van der Waals surface area contributed by atoms with Crippen LogP contribution in [0.4, 0.5) is 0 Å². The average molecular weight is 458 g/mol. The van der Waals surface area contributed by atoms with Crippen LogP contribution >= 0.6 is 0 Å². The number of fused-ring (bicyclic) bond motifs is 8. The summed E-state index contributed by atoms with van der Waals surface area (Å²) < 4.78 is 12.9. The van der Waals surface area contributed by atoms with Crippen molar-refractivity contribution in [3.63, 3.8) is 0 Å². The van der Waals surface area contributed by atoms with Crippen LogP contribution in [0, 0.1) is 5.92 Å². The molecule has 0 aliphatic heterocycles. The van der Waals surface area contributed by atoms with Crippen LogP contribution in [0.25, 0.3) is 55.6 Å². The van der Waals surface area contributed by atoms with E-state index in [2.05, 4.69) is 82.3 Å². The Morgan fingerprint density at radius 2 is 1.60 bits per heavy atom. The van der Waals surface area contributed by atoms with Crippen molar-refractivity contribution >= 4 is 33.0 Å². The highest BCUT2D eigenvalue weighted by Gasteiger charge is 2.42. The summed E-state index contributed by atoms with van der Waals surface area (Å²) in [5.41, 5.74) is 9.39. The van der Waals surface area contributed by atoms with Crippen molar-refractivity contribution in [2.75, 3.05) is 0 Å². The highest BCUT2D eigenvalue weighted by molar-refractivity contribution is 6.05. The van der Waals surface area contributed by atoms with Gasteiger partial charge in [0.15, 0.2) is 0 Å². The SMILES string of the molecule is CC(C)Cc1cccc2c3c(oc12)-c1c(-c2ccc4c(n2)oc2ccccc24)cccc1C3(C)C. The maximum Gasteiger partial charge on any atom is 0.227 e. The van der Waals surface area contributed by atoms with Gasteiger partial charge in [0.1, 0.15) is 16.9 Å². The van der Waals surface area contributed by atoms with E-state index in [1.165, 1.54) is 22.1 Å². The predicted molar refractivity (Wildman–Crippen MR) is 143 cm³/mol. The monoisotopic (exact) mass is 457 g/mol. The number of pyridine rings is 1. The Morgan fingerprint density at radius 3 is 2.46 bits per heavy atom. The first-order valence-corrected chi connectivity index (χ1v) is 12.4. The summed E-state index contributed by atoms with van der Waals surface area (Å²) in [6.07, 6.45) is 1.00. The number of aromatic nitrogens is 1. The van der Waals surface area contributed by atoms with Crippen molar-refractivity contribution in [1.82, 2.24) is 4.98 Å². The van der Waals surface area contributed by atoms with Crippen LogP contribution in [0.5, 0.6) is 0 Å². The summed E-state index contributed by atoms with van der Waals surface area (Å²) in [5, 5.41) is 3.37. The normalized spacial score (nSPS) is 14.3. The number of hydrogen-bond donors (Lipinski definition) is 0. The van der Waals surface area contributed by atoms with Gasteiger partial charge < -0.3 is 8.83 Å². The molecule has 0 unspecified atom stereocenters. The van der Waals surface area contributed by atoms with E-state index < -0.39 is 0 Å². The van der Waals surface area contributed by atoms with Gasteiger partial charge in [0.25, 0.3) is 0 Å². The minimum Gasteiger partial charge on any atom is -0.455 e. The minimum absolute atomic E-state index is 0.161. The Kier molecular flexibility index (Phi) is 4.15. The molecule has 0 N–H and O–H groups in total. The highest BCUT2D eigenvalue weighted by Crippen LogP contribution is 2.55. The fourth-order valence-electron chi connectivity index (χ4n) is 6.00. The van der Waals surface area contributed by atoms with E-state index in [0.717, 1.165) is 50.9 Å². The third kappa shape index (κ3) is 2.81. The van der Waals surface area contributed by atoms with E-state index in [0.29, 0.717) is 11.6 Å². The molecule has 0 saturated carbocycles. The van der Waals surface area contributed by atoms with Crippen LogP contribution in [0.3, 0.4) is 0 Å². The topological polar surface area (TPSA) is 39.2 Å². The molecule has 0 fully saturated rings. The van der Waals surface area contributed by atoms with E-state index in [9.17, 15) is 0 Å². The largest absolute Gasteiger partial charge is 0.455 e. The van der Waals surface area contributed by atoms with E-state index >= 15 is 0 Å². The van der Waals surface area contributed by atoms with Gasteiger partial charge in [-0.05, 0) is 41.7 Å². The first-order valence-electron chi connectivity index (χ1n) is 12.4. The van der Waals surface area contributed by atoms with Crippen LogP contribution in [0.1, 0.15) is 44.4 Å². The van der Waals surface area contributed by atoms with Gasteiger partial charge in [0, 0.05) is 38.3 Å². The van der Waals surface area contributed by atoms with Crippen molar-refractivity contribution in [2.24, 2.45) is 5.92 Å². The predicted octanol–water partition coefficient (Wildman–Crippen LogP) is 8.90. The fraction of sp³-hybridized carbons (Fsp3) is 0.219. The van der Waals surface area contributed by atoms with E-state index in [4.69, 9.17) is 13.8 Å². The molecular weight excluding hydrogens is 430 g/mol. The van der Waals surface area contributed by atoms with Gasteiger partial charge in [-0.15, -0.1) is 0 Å². The van der Waals surface area contributed by atoms with Crippen molar-refractivity contribution in [1.29, 1.82) is 0 Å². The lowest BCUT2D eigenvalue weighted by molar-refractivity contribution is 0.601. The highest BCUT2D eigenvalue weighted by atomic mass is 16.3. The number of furan rings is 2. The molecule has 0 spiro atoms. The molecular formula is C32H27NO2. The van der Waals surface area contributed by atoms with E-state index in [-0.39, 0.29) is 5.41 Å². The Bertz CT molecular complexity index is 1780. The van der Waals surface area contributed by atoms with Gasteiger partial charge in [-0.2, -0.15) is 0 Å². The number of benzene rings is 3. The summed E-state index contributed by atoms with van der Waals surface area (Å²) in [7, 11) is 0. The summed E-state index contributed by atoms with van der Waals surface area (Å²) in [6.45, 7) is 9.13. The minimum atomic E-state index is -0.161. The van der Waals surface area contributed by atoms with Crippen LogP contribution in [-0.4, -0.2) is 4.98 Å². The lowest BCUT2D eigenvalue weighted by Crippen LogP contribution is -2.15. The second-order valence-corrected chi connectivity index (χ2v) is 10.7. The zero-order valence-electron chi connectivity index (χ0n) is 20.5. The Hall–Kier alpha value is -3.85. The molecule has 3 heteroatoms. The van der Waals surface area contributed by atoms with Crippen molar-refractivity contribution in [3.05, 3.63) is 89.5 Å². The third-order valence-corrected chi connectivity index (χ3v) is 7.54. The molecule has 0 radical (unpaired) electrons. The van der Waals surface area contributed by atoms with Gasteiger partial charge in [0.05, 0.1) is 5.69 Å². The number of nitrogens with zero attached hydrogens (tertiary/aromatic N) is 1. The number of rotatable bonds is 3. The molecule has 0 bridgehead atoms. The average Bonchev–Trinajstić information content (AvgIpc) is 3.48. The van der Waals surface area contributed by atoms with Crippen LogP contribution in [0.2, 0.25) is 0 Å². The molecule has 172 valence electrons. The van der Waals surface area contributed by atoms with Crippen molar-refractivity contribution in [3.8, 4) is 22.6 Å². The zero-order valence-corrected chi connectivity index (χ0v) is 20.5. The molecule has 3 aromatic heterocycles. The fourth-order valence-corrected chi connectivity index (χ4v) is 6.00. The van der Waals surface area contributed by atoms with Gasteiger partial charge >= 0.3 is 0 Å². The van der Waals surface area contributed by atoms with Gasteiger partial charge in [-0.3, -0.25) is 0 Å². The molecule has 0 amide bonds. The summed E-state index contributed by atoms with van der Waals surface area (Å²) in [4.78, 5) is 4.98. The summed E-state index contributed by atoms with van der Waals surface area (Å²) in [6, 6.07) is 25.5. The molecule has 0 atom stereocenters. The second kappa shape index (κ2) is 7.08. The molecule has 3 heterocycles. The van der Waals surface area contributed by atoms with Crippen LogP contribution in [-0.2, 0) is 11.8 Å². The van der Waals surface area contributed by atoms with Gasteiger partial charge in [0.2, 0.25) is 5.71 Å². The summed E-state index contributed by atoms with van der Waals surface area (Å²) >= 11 is 0. The zero-order chi connectivity index (χ0) is 23.9. The molecule has 0 saturated heterocycles. The molecule has 35 heavy (non-hydrogen) atoms. The van der Waals surface area contributed by atoms with E-state index in [1.54, 1.807) is 0 Å². The van der Waals surface area contributed by atoms with Gasteiger partial charge in [-0.1, -0.05) is 82.3 Å². The Balaban J connectivity index is 1.49. The maximum absolute atomic E-state index is 6.75. The van der Waals surface area contributed by atoms with Crippen LogP contribution < -0.4 is 0 Å². The summed E-state index contributed by atoms with van der Waals surface area (Å²) in [5.74, 6) is 1.55. The first-order chi connectivity index (χ1) is 16.9. The number of para-hydroxylation sites is 2. The van der Waals surface area contributed by atoms with Crippen LogP contribution in [0.15, 0.2) is 81.6 Å². The van der Waals surface area contributed by atoms with E-state index in [1.807, 2.05) is 18.2 Å². The lowest BCUT2D eigenvalue weighted by Gasteiger charge is -2.21. The molecule has 3 nitrogen and oxygen atoms in total. The second-order valence-electron chi connectivity index (χ2n) is 10.7. The Labute approximate surface area is 204 Å². The lowest BCUT2D eigenvalue weighted by atomic mass is 9.81. The molecule has 1 aliphatic rings. The van der Waals surface area contributed by atoms with Gasteiger partial charge in [-0.25, -0.2) is 4.98 Å². The quantitative estimate of drug-likeness (QED) is 0.266. The smallest absolute Gasteiger partial charge is 0.227 e. The number of hydrogen-bond acceptors (Lipinski definition) is 3. The standard InChI is InChI=1S/C32H27NO2/c1-18(2)17-19-9-7-12-23-28-30(35-29(19)23)27-22(11-8-13-24(27)32(28,3)4)25-16-15-21-20-10-5-6-14-26(20)34-31(21)33-25/h5-16,18H,17H2,1-4H3. The first kappa shape index (κ1) is 20.5. The maximum atomic E-state index is 6.75. The van der Waals surface area contributed by atoms with Crippen molar-refractivity contribution < 1.29 is 8.83 Å².